The Hall–Kier alpha value is -1.75. The van der Waals surface area contributed by atoms with Gasteiger partial charge < -0.3 is 20.3 Å². The van der Waals surface area contributed by atoms with Gasteiger partial charge in [-0.25, -0.2) is 0 Å². The summed E-state index contributed by atoms with van der Waals surface area (Å²) in [6.07, 6.45) is 8.25. The fourth-order valence-corrected chi connectivity index (χ4v) is 4.21. The van der Waals surface area contributed by atoms with Crippen LogP contribution in [0.1, 0.15) is 79.6 Å². The van der Waals surface area contributed by atoms with Crippen LogP contribution in [0.15, 0.2) is 24.3 Å². The SMILES string of the molecule is CCC1CCCCN1C(=N)N(CC(C)(C)CN)c1ccc(OCCCCC(C)C)cc1. The zero-order valence-corrected chi connectivity index (χ0v) is 20.6. The van der Waals surface area contributed by atoms with E-state index in [1.54, 1.807) is 0 Å². The first-order valence-electron chi connectivity index (χ1n) is 12.3. The standard InChI is InChI=1S/C26H46N4O/c1-6-22-12-7-9-17-29(22)25(28)30(20-26(4,5)19-27)23-13-15-24(16-14-23)31-18-10-8-11-21(2)3/h13-16,21-22,28H,6-12,17-20,27H2,1-5H3. The Morgan fingerprint density at radius 3 is 2.55 bits per heavy atom. The van der Waals surface area contributed by atoms with Crippen LogP contribution in [0.5, 0.6) is 5.75 Å². The van der Waals surface area contributed by atoms with Gasteiger partial charge in [-0.05, 0) is 80.7 Å². The molecule has 0 amide bonds. The zero-order chi connectivity index (χ0) is 22.9. The average Bonchev–Trinajstić information content (AvgIpc) is 2.77. The third-order valence-electron chi connectivity index (χ3n) is 6.36. The number of nitrogens with zero attached hydrogens (tertiary/aromatic N) is 2. The first kappa shape index (κ1) is 25.5. The summed E-state index contributed by atoms with van der Waals surface area (Å²) in [5.74, 6) is 2.27. The average molecular weight is 431 g/mol. The third-order valence-corrected chi connectivity index (χ3v) is 6.36. The van der Waals surface area contributed by atoms with E-state index in [1.807, 2.05) is 12.1 Å². The van der Waals surface area contributed by atoms with Crippen molar-refractivity contribution in [2.75, 3.05) is 31.1 Å². The van der Waals surface area contributed by atoms with Crippen molar-refractivity contribution in [3.63, 3.8) is 0 Å². The number of hydrogen-bond acceptors (Lipinski definition) is 3. The van der Waals surface area contributed by atoms with Crippen molar-refractivity contribution in [2.45, 2.75) is 85.6 Å². The van der Waals surface area contributed by atoms with Gasteiger partial charge in [-0.3, -0.25) is 5.41 Å². The van der Waals surface area contributed by atoms with Gasteiger partial charge in [-0.1, -0.05) is 41.0 Å². The summed E-state index contributed by atoms with van der Waals surface area (Å²) in [5, 5.41) is 9.09. The number of nitrogens with two attached hydrogens (primary N) is 1. The Balaban J connectivity index is 2.10. The molecule has 5 heteroatoms. The maximum Gasteiger partial charge on any atom is 0.198 e. The first-order chi connectivity index (χ1) is 14.8. The molecule has 1 unspecified atom stereocenters. The monoisotopic (exact) mass is 430 g/mol. The Morgan fingerprint density at radius 1 is 1.23 bits per heavy atom. The predicted octanol–water partition coefficient (Wildman–Crippen LogP) is 5.88. The van der Waals surface area contributed by atoms with Gasteiger partial charge in [0.1, 0.15) is 5.75 Å². The van der Waals surface area contributed by atoms with Gasteiger partial charge in [-0.2, -0.15) is 0 Å². The number of unbranched alkanes of at least 4 members (excludes halogenated alkanes) is 1. The fourth-order valence-electron chi connectivity index (χ4n) is 4.21. The molecule has 1 aliphatic heterocycles. The molecule has 0 aromatic heterocycles. The second kappa shape index (κ2) is 12.3. The number of benzene rings is 1. The molecule has 1 heterocycles. The number of anilines is 1. The van der Waals surface area contributed by atoms with Crippen LogP contribution >= 0.6 is 0 Å². The predicted molar refractivity (Wildman–Crippen MR) is 133 cm³/mol. The molecule has 1 aliphatic rings. The van der Waals surface area contributed by atoms with E-state index >= 15 is 0 Å². The van der Waals surface area contributed by atoms with Gasteiger partial charge in [0, 0.05) is 24.8 Å². The second-order valence-electron chi connectivity index (χ2n) is 10.3. The summed E-state index contributed by atoms with van der Waals surface area (Å²) in [6, 6.07) is 8.73. The molecule has 5 nitrogen and oxygen atoms in total. The van der Waals surface area contributed by atoms with Crippen LogP contribution < -0.4 is 15.4 Å². The molecule has 31 heavy (non-hydrogen) atoms. The normalized spacial score (nSPS) is 17.1. The summed E-state index contributed by atoms with van der Waals surface area (Å²) in [6.45, 7) is 14.2. The van der Waals surface area contributed by atoms with E-state index in [1.165, 1.54) is 25.7 Å². The highest BCUT2D eigenvalue weighted by Crippen LogP contribution is 2.28. The number of nitrogens with one attached hydrogen (secondary N) is 1. The molecule has 1 atom stereocenters. The minimum Gasteiger partial charge on any atom is -0.494 e. The molecule has 0 radical (unpaired) electrons. The lowest BCUT2D eigenvalue weighted by atomic mass is 9.92. The van der Waals surface area contributed by atoms with Crippen LogP contribution in [0.3, 0.4) is 0 Å². The molecule has 0 aliphatic carbocycles. The van der Waals surface area contributed by atoms with Gasteiger partial charge in [0.15, 0.2) is 5.96 Å². The van der Waals surface area contributed by atoms with E-state index in [0.29, 0.717) is 18.5 Å². The molecule has 0 spiro atoms. The highest BCUT2D eigenvalue weighted by Gasteiger charge is 2.30. The van der Waals surface area contributed by atoms with Crippen molar-refractivity contribution in [2.24, 2.45) is 17.1 Å². The number of rotatable bonds is 11. The molecule has 2 rings (SSSR count). The summed E-state index contributed by atoms with van der Waals surface area (Å²) in [5.41, 5.74) is 7.02. The number of ether oxygens (including phenoxy) is 1. The fraction of sp³-hybridized carbons (Fsp3) is 0.731. The Kier molecular flexibility index (Phi) is 10.1. The molecule has 1 aromatic carbocycles. The molecule has 0 bridgehead atoms. The van der Waals surface area contributed by atoms with Gasteiger partial charge in [-0.15, -0.1) is 0 Å². The Labute approximate surface area is 190 Å². The number of likely N-dealkylation sites (tertiary alicyclic amines) is 1. The van der Waals surface area contributed by atoms with E-state index in [0.717, 1.165) is 56.3 Å². The van der Waals surface area contributed by atoms with Crippen molar-refractivity contribution in [3.05, 3.63) is 24.3 Å². The van der Waals surface area contributed by atoms with Gasteiger partial charge >= 0.3 is 0 Å². The molecule has 0 saturated carbocycles. The summed E-state index contributed by atoms with van der Waals surface area (Å²) in [4.78, 5) is 4.45. The third kappa shape index (κ3) is 8.03. The minimum atomic E-state index is -0.0740. The second-order valence-corrected chi connectivity index (χ2v) is 10.3. The van der Waals surface area contributed by atoms with E-state index in [4.69, 9.17) is 15.9 Å². The van der Waals surface area contributed by atoms with E-state index in [-0.39, 0.29) is 5.41 Å². The van der Waals surface area contributed by atoms with Crippen molar-refractivity contribution in [1.82, 2.24) is 4.90 Å². The lowest BCUT2D eigenvalue weighted by Crippen LogP contribution is -2.53. The van der Waals surface area contributed by atoms with Crippen LogP contribution in [0, 0.1) is 16.7 Å². The van der Waals surface area contributed by atoms with Crippen molar-refractivity contribution in [1.29, 1.82) is 5.41 Å². The largest absolute Gasteiger partial charge is 0.494 e. The smallest absolute Gasteiger partial charge is 0.198 e. The first-order valence-corrected chi connectivity index (χ1v) is 12.3. The van der Waals surface area contributed by atoms with Gasteiger partial charge in [0.2, 0.25) is 0 Å². The zero-order valence-electron chi connectivity index (χ0n) is 20.6. The molecule has 176 valence electrons. The van der Waals surface area contributed by atoms with Crippen LogP contribution in [-0.2, 0) is 0 Å². The highest BCUT2D eigenvalue weighted by atomic mass is 16.5. The van der Waals surface area contributed by atoms with E-state index in [2.05, 4.69) is 56.6 Å². The van der Waals surface area contributed by atoms with Gasteiger partial charge in [0.05, 0.1) is 6.61 Å². The number of guanidine groups is 1. The van der Waals surface area contributed by atoms with Crippen LogP contribution in [-0.4, -0.2) is 43.1 Å². The van der Waals surface area contributed by atoms with Crippen LogP contribution in [0.4, 0.5) is 5.69 Å². The van der Waals surface area contributed by atoms with Crippen LogP contribution in [0.2, 0.25) is 0 Å². The van der Waals surface area contributed by atoms with Crippen LogP contribution in [0.25, 0.3) is 0 Å². The molecule has 1 fully saturated rings. The van der Waals surface area contributed by atoms with Gasteiger partial charge in [0.25, 0.3) is 0 Å². The number of hydrogen-bond donors (Lipinski definition) is 2. The van der Waals surface area contributed by atoms with Crippen molar-refractivity contribution < 1.29 is 4.74 Å². The minimum absolute atomic E-state index is 0.0740. The molecule has 1 aromatic rings. The number of piperidine rings is 1. The topological polar surface area (TPSA) is 65.6 Å². The Morgan fingerprint density at radius 2 is 1.94 bits per heavy atom. The van der Waals surface area contributed by atoms with Crippen molar-refractivity contribution in [3.8, 4) is 5.75 Å². The lowest BCUT2D eigenvalue weighted by Gasteiger charge is -2.43. The van der Waals surface area contributed by atoms with E-state index in [9.17, 15) is 0 Å². The van der Waals surface area contributed by atoms with E-state index < -0.39 is 0 Å². The summed E-state index contributed by atoms with van der Waals surface area (Å²) in [7, 11) is 0. The maximum absolute atomic E-state index is 9.09. The molecular weight excluding hydrogens is 384 g/mol. The lowest BCUT2D eigenvalue weighted by molar-refractivity contribution is 0.228. The summed E-state index contributed by atoms with van der Waals surface area (Å²) >= 11 is 0. The molecular formula is C26H46N4O. The quantitative estimate of drug-likeness (QED) is 0.261. The highest BCUT2D eigenvalue weighted by molar-refractivity contribution is 5.94. The molecule has 1 saturated heterocycles. The molecule has 3 N–H and O–H groups in total. The summed E-state index contributed by atoms with van der Waals surface area (Å²) < 4.78 is 5.95. The maximum atomic E-state index is 9.09. The Bertz CT molecular complexity index is 656. The van der Waals surface area contributed by atoms with Crippen molar-refractivity contribution >= 4 is 11.6 Å².